The average Bonchev–Trinajstić information content (AvgIpc) is 2.29. The van der Waals surface area contributed by atoms with Crippen molar-refractivity contribution in [1.29, 1.82) is 0 Å². The molecule has 16 heavy (non-hydrogen) atoms. The SMILES string of the molecule is COC(=O)C1(C)COc2cccc(Cl)c2N1. The van der Waals surface area contributed by atoms with Crippen molar-refractivity contribution in [2.75, 3.05) is 19.0 Å². The molecule has 0 radical (unpaired) electrons. The largest absolute Gasteiger partial charge is 0.488 e. The normalized spacial score (nSPS) is 22.7. The number of esters is 1. The molecule has 1 heterocycles. The van der Waals surface area contributed by atoms with Gasteiger partial charge in [0.15, 0.2) is 5.54 Å². The van der Waals surface area contributed by atoms with Crippen molar-refractivity contribution in [1.82, 2.24) is 0 Å². The molecule has 0 fully saturated rings. The molecule has 1 aliphatic heterocycles. The van der Waals surface area contributed by atoms with Crippen molar-refractivity contribution in [3.63, 3.8) is 0 Å². The fraction of sp³-hybridized carbons (Fsp3) is 0.364. The second-order valence-electron chi connectivity index (χ2n) is 3.85. The molecule has 0 saturated heterocycles. The minimum absolute atomic E-state index is 0.215. The number of methoxy groups -OCH3 is 1. The number of hydrogen-bond donors (Lipinski definition) is 1. The van der Waals surface area contributed by atoms with Crippen LogP contribution in [0.2, 0.25) is 5.02 Å². The molecule has 1 aromatic carbocycles. The second kappa shape index (κ2) is 3.87. The van der Waals surface area contributed by atoms with Gasteiger partial charge in [0.25, 0.3) is 0 Å². The van der Waals surface area contributed by atoms with E-state index in [-0.39, 0.29) is 12.6 Å². The summed E-state index contributed by atoms with van der Waals surface area (Å²) in [6, 6.07) is 5.33. The topological polar surface area (TPSA) is 47.6 Å². The first-order valence-corrected chi connectivity index (χ1v) is 5.22. The Hall–Kier alpha value is -1.42. The van der Waals surface area contributed by atoms with Gasteiger partial charge in [-0.3, -0.25) is 0 Å². The number of fused-ring (bicyclic) bond motifs is 1. The van der Waals surface area contributed by atoms with Crippen LogP contribution in [-0.2, 0) is 9.53 Å². The quantitative estimate of drug-likeness (QED) is 0.765. The van der Waals surface area contributed by atoms with Crippen molar-refractivity contribution < 1.29 is 14.3 Å². The number of benzene rings is 1. The minimum Gasteiger partial charge on any atom is -0.488 e. The van der Waals surface area contributed by atoms with Gasteiger partial charge < -0.3 is 14.8 Å². The predicted octanol–water partition coefficient (Wildman–Crippen LogP) is 2.08. The number of ether oxygens (including phenoxy) is 2. The summed E-state index contributed by atoms with van der Waals surface area (Å²) in [4.78, 5) is 11.6. The Balaban J connectivity index is 2.36. The highest BCUT2D eigenvalue weighted by Crippen LogP contribution is 2.38. The fourth-order valence-electron chi connectivity index (χ4n) is 1.62. The summed E-state index contributed by atoms with van der Waals surface area (Å²) in [6.45, 7) is 1.93. The zero-order chi connectivity index (χ0) is 11.8. The third-order valence-corrected chi connectivity index (χ3v) is 2.84. The van der Waals surface area contributed by atoms with E-state index < -0.39 is 5.54 Å². The Labute approximate surface area is 98.5 Å². The molecule has 0 amide bonds. The van der Waals surface area contributed by atoms with E-state index in [1.807, 2.05) is 0 Å². The smallest absolute Gasteiger partial charge is 0.334 e. The Kier molecular flexibility index (Phi) is 2.68. The van der Waals surface area contributed by atoms with Crippen LogP contribution in [-0.4, -0.2) is 25.2 Å². The first-order chi connectivity index (χ1) is 7.57. The lowest BCUT2D eigenvalue weighted by molar-refractivity contribution is -0.146. The maximum absolute atomic E-state index is 11.6. The lowest BCUT2D eigenvalue weighted by atomic mass is 10.0. The molecule has 1 aromatic rings. The number of hydrogen-bond acceptors (Lipinski definition) is 4. The number of nitrogens with one attached hydrogen (secondary N) is 1. The summed E-state index contributed by atoms with van der Waals surface area (Å²) < 4.78 is 10.2. The first kappa shape index (κ1) is 11.1. The molecule has 0 aromatic heterocycles. The minimum atomic E-state index is -0.896. The van der Waals surface area contributed by atoms with Gasteiger partial charge in [-0.05, 0) is 19.1 Å². The highest BCUT2D eigenvalue weighted by molar-refractivity contribution is 6.33. The van der Waals surface area contributed by atoms with Crippen molar-refractivity contribution in [3.05, 3.63) is 23.2 Å². The number of halogens is 1. The summed E-state index contributed by atoms with van der Waals surface area (Å²) in [5.41, 5.74) is -0.268. The first-order valence-electron chi connectivity index (χ1n) is 4.85. The van der Waals surface area contributed by atoms with Gasteiger partial charge in [-0.2, -0.15) is 0 Å². The number of carbonyl (C=O) groups excluding carboxylic acids is 1. The number of para-hydroxylation sites is 1. The molecular weight excluding hydrogens is 230 g/mol. The number of anilines is 1. The molecule has 0 spiro atoms. The van der Waals surface area contributed by atoms with E-state index in [1.165, 1.54) is 7.11 Å². The van der Waals surface area contributed by atoms with E-state index in [2.05, 4.69) is 5.32 Å². The molecule has 4 nitrogen and oxygen atoms in total. The monoisotopic (exact) mass is 241 g/mol. The van der Waals surface area contributed by atoms with Crippen molar-refractivity contribution >= 4 is 23.3 Å². The van der Waals surface area contributed by atoms with Gasteiger partial charge in [0.2, 0.25) is 0 Å². The van der Waals surface area contributed by atoms with Crippen molar-refractivity contribution in [2.24, 2.45) is 0 Å². The lowest BCUT2D eigenvalue weighted by Gasteiger charge is -2.34. The summed E-state index contributed by atoms with van der Waals surface area (Å²) in [7, 11) is 1.34. The number of rotatable bonds is 1. The Morgan fingerprint density at radius 3 is 3.06 bits per heavy atom. The van der Waals surface area contributed by atoms with Crippen LogP contribution in [0.15, 0.2) is 18.2 Å². The molecule has 0 aliphatic carbocycles. The molecule has 86 valence electrons. The molecule has 1 atom stereocenters. The van der Waals surface area contributed by atoms with Crippen LogP contribution in [0.1, 0.15) is 6.92 Å². The molecule has 0 bridgehead atoms. The molecule has 1 unspecified atom stereocenters. The summed E-state index contributed by atoms with van der Waals surface area (Å²) in [5.74, 6) is 0.270. The zero-order valence-electron chi connectivity index (χ0n) is 9.04. The maximum Gasteiger partial charge on any atom is 0.334 e. The van der Waals surface area contributed by atoms with Crippen molar-refractivity contribution in [3.8, 4) is 5.75 Å². The third kappa shape index (κ3) is 1.69. The van der Waals surface area contributed by atoms with E-state index in [1.54, 1.807) is 25.1 Å². The molecular formula is C11H12ClNO3. The van der Waals surface area contributed by atoms with Crippen LogP contribution >= 0.6 is 11.6 Å². The van der Waals surface area contributed by atoms with Gasteiger partial charge >= 0.3 is 5.97 Å². The van der Waals surface area contributed by atoms with Gasteiger partial charge in [-0.1, -0.05) is 17.7 Å². The Morgan fingerprint density at radius 1 is 1.62 bits per heavy atom. The number of carbonyl (C=O) groups is 1. The van der Waals surface area contributed by atoms with E-state index in [0.717, 1.165) is 0 Å². The van der Waals surface area contributed by atoms with E-state index in [4.69, 9.17) is 21.1 Å². The van der Waals surface area contributed by atoms with Gasteiger partial charge in [0.1, 0.15) is 12.4 Å². The summed E-state index contributed by atoms with van der Waals surface area (Å²) >= 11 is 6.02. The third-order valence-electron chi connectivity index (χ3n) is 2.53. The second-order valence-corrected chi connectivity index (χ2v) is 4.26. The highest BCUT2D eigenvalue weighted by atomic mass is 35.5. The molecule has 1 aliphatic rings. The Bertz CT molecular complexity index is 435. The summed E-state index contributed by atoms with van der Waals surface area (Å²) in [5, 5.41) is 3.58. The van der Waals surface area contributed by atoms with Crippen LogP contribution in [0, 0.1) is 0 Å². The average molecular weight is 242 g/mol. The van der Waals surface area contributed by atoms with Crippen LogP contribution < -0.4 is 10.1 Å². The molecule has 2 rings (SSSR count). The van der Waals surface area contributed by atoms with Crippen LogP contribution in [0.5, 0.6) is 5.75 Å². The van der Waals surface area contributed by atoms with Crippen molar-refractivity contribution in [2.45, 2.75) is 12.5 Å². The van der Waals surface area contributed by atoms with E-state index >= 15 is 0 Å². The van der Waals surface area contributed by atoms with E-state index in [0.29, 0.717) is 16.5 Å². The molecule has 5 heteroatoms. The van der Waals surface area contributed by atoms with Gasteiger partial charge in [-0.15, -0.1) is 0 Å². The van der Waals surface area contributed by atoms with Crippen LogP contribution in [0.4, 0.5) is 5.69 Å². The van der Waals surface area contributed by atoms with Gasteiger partial charge in [0.05, 0.1) is 17.8 Å². The van der Waals surface area contributed by atoms with Gasteiger partial charge in [-0.25, -0.2) is 4.79 Å². The van der Waals surface area contributed by atoms with E-state index in [9.17, 15) is 4.79 Å². The maximum atomic E-state index is 11.6. The highest BCUT2D eigenvalue weighted by Gasteiger charge is 2.39. The van der Waals surface area contributed by atoms with Crippen LogP contribution in [0.3, 0.4) is 0 Å². The Morgan fingerprint density at radius 2 is 2.38 bits per heavy atom. The predicted molar refractivity (Wildman–Crippen MR) is 61.0 cm³/mol. The van der Waals surface area contributed by atoms with Gasteiger partial charge in [0, 0.05) is 0 Å². The molecule has 0 saturated carbocycles. The fourth-order valence-corrected chi connectivity index (χ4v) is 1.83. The van der Waals surface area contributed by atoms with Crippen LogP contribution in [0.25, 0.3) is 0 Å². The summed E-state index contributed by atoms with van der Waals surface area (Å²) in [6.07, 6.45) is 0. The molecule has 1 N–H and O–H groups in total. The lowest BCUT2D eigenvalue weighted by Crippen LogP contribution is -2.51. The standard InChI is InChI=1S/C11H12ClNO3/c1-11(10(14)15-2)6-16-8-5-3-4-7(12)9(8)13-11/h3-5,13H,6H2,1-2H3. The zero-order valence-corrected chi connectivity index (χ0v) is 9.80.